The minimum absolute atomic E-state index is 0.0229. The molecule has 4 unspecified atom stereocenters. The van der Waals surface area contributed by atoms with Gasteiger partial charge in [-0.1, -0.05) is 23.7 Å². The molecule has 1 aliphatic carbocycles. The van der Waals surface area contributed by atoms with Crippen LogP contribution < -0.4 is 25.1 Å². The quantitative estimate of drug-likeness (QED) is 0.276. The lowest BCUT2D eigenvalue weighted by molar-refractivity contribution is -0.927. The maximum Gasteiger partial charge on any atom is 0.256 e. The molecular weight excluding hydrogens is 557 g/mol. The van der Waals surface area contributed by atoms with Crippen LogP contribution in [0, 0.1) is 11.7 Å². The van der Waals surface area contributed by atoms with Gasteiger partial charge in [-0.25, -0.2) is 4.39 Å². The Balaban J connectivity index is 1.18. The third-order valence-corrected chi connectivity index (χ3v) is 8.99. The number of methoxy groups -OCH3 is 1. The minimum Gasteiger partial charge on any atom is -0.496 e. The SMILES string of the molecule is CCOc1cc(C[NH+]2CCC3C(NC(=O)c4c[nH]c5cc(Cl)ccc5c4=O)CCC32)cc(OC)c1-c1ccc(F)cc1. The van der Waals surface area contributed by atoms with Crippen LogP contribution >= 0.6 is 11.6 Å². The number of hydrogen-bond acceptors (Lipinski definition) is 4. The van der Waals surface area contributed by atoms with Crippen molar-refractivity contribution in [3.8, 4) is 22.6 Å². The van der Waals surface area contributed by atoms with Gasteiger partial charge in [0.2, 0.25) is 5.43 Å². The second kappa shape index (κ2) is 11.8. The Kier molecular flexibility index (Phi) is 7.92. The normalized spacial score (nSPS) is 21.3. The number of aromatic nitrogens is 1. The number of amides is 1. The number of pyridine rings is 1. The summed E-state index contributed by atoms with van der Waals surface area (Å²) in [5.74, 6) is 1.12. The van der Waals surface area contributed by atoms with E-state index in [9.17, 15) is 14.0 Å². The Morgan fingerprint density at radius 3 is 2.64 bits per heavy atom. The fourth-order valence-electron chi connectivity index (χ4n) is 6.86. The third kappa shape index (κ3) is 5.37. The van der Waals surface area contributed by atoms with Gasteiger partial charge in [0.1, 0.15) is 29.4 Å². The molecule has 4 atom stereocenters. The summed E-state index contributed by atoms with van der Waals surface area (Å²) >= 11 is 6.05. The van der Waals surface area contributed by atoms with Gasteiger partial charge in [-0.2, -0.15) is 0 Å². The van der Waals surface area contributed by atoms with E-state index in [1.807, 2.05) is 6.92 Å². The zero-order valence-electron chi connectivity index (χ0n) is 23.6. The van der Waals surface area contributed by atoms with E-state index in [4.69, 9.17) is 21.1 Å². The Labute approximate surface area is 248 Å². The highest BCUT2D eigenvalue weighted by molar-refractivity contribution is 6.31. The van der Waals surface area contributed by atoms with Crippen molar-refractivity contribution >= 4 is 28.4 Å². The number of benzene rings is 3. The van der Waals surface area contributed by atoms with Crippen LogP contribution in [0.25, 0.3) is 22.0 Å². The smallest absolute Gasteiger partial charge is 0.256 e. The van der Waals surface area contributed by atoms with E-state index < -0.39 is 0 Å². The number of likely N-dealkylation sites (tertiary alicyclic amines) is 1. The van der Waals surface area contributed by atoms with Crippen molar-refractivity contribution in [2.75, 3.05) is 20.3 Å². The molecule has 7 nitrogen and oxygen atoms in total. The van der Waals surface area contributed by atoms with E-state index in [2.05, 4.69) is 22.4 Å². The maximum atomic E-state index is 13.6. The number of hydrogen-bond donors (Lipinski definition) is 3. The standard InChI is InChI=1S/C33H33ClFN3O4/c1-3-42-30-15-19(14-29(41-2)31(30)20-4-7-22(35)8-5-20)18-38-13-12-23-26(10-11-28(23)38)37-33(40)25-17-36-27-16-21(34)6-9-24(27)32(25)39/h4-9,14-17,23,26,28H,3,10-13,18H2,1-2H3,(H,36,39)(H,37,40)/p+1. The topological polar surface area (TPSA) is 84.9 Å². The highest BCUT2D eigenvalue weighted by atomic mass is 35.5. The van der Waals surface area contributed by atoms with Gasteiger partial charge in [-0.05, 0) is 61.4 Å². The Morgan fingerprint density at radius 1 is 1.10 bits per heavy atom. The maximum absolute atomic E-state index is 13.6. The molecule has 0 bridgehead atoms. The first-order valence-corrected chi connectivity index (χ1v) is 14.8. The summed E-state index contributed by atoms with van der Waals surface area (Å²) in [7, 11) is 1.64. The molecule has 2 fully saturated rings. The van der Waals surface area contributed by atoms with Gasteiger partial charge in [-0.15, -0.1) is 0 Å². The number of fused-ring (bicyclic) bond motifs is 2. The molecule has 0 spiro atoms. The lowest BCUT2D eigenvalue weighted by atomic mass is 9.99. The van der Waals surface area contributed by atoms with Crippen LogP contribution in [-0.4, -0.2) is 43.2 Å². The van der Waals surface area contributed by atoms with E-state index in [1.165, 1.54) is 23.2 Å². The van der Waals surface area contributed by atoms with E-state index in [0.717, 1.165) is 49.0 Å². The van der Waals surface area contributed by atoms with Gasteiger partial charge in [0.15, 0.2) is 0 Å². The molecule has 2 aliphatic rings. The molecule has 1 saturated heterocycles. The predicted molar refractivity (Wildman–Crippen MR) is 161 cm³/mol. The molecule has 4 aromatic rings. The first-order chi connectivity index (χ1) is 20.4. The van der Waals surface area contributed by atoms with Gasteiger partial charge in [0.25, 0.3) is 5.91 Å². The Hall–Kier alpha value is -3.88. The summed E-state index contributed by atoms with van der Waals surface area (Å²) in [4.78, 5) is 30.8. The lowest BCUT2D eigenvalue weighted by Crippen LogP contribution is -3.12. The molecule has 1 aromatic heterocycles. The highest BCUT2D eigenvalue weighted by Crippen LogP contribution is 2.40. The molecule has 3 aromatic carbocycles. The largest absolute Gasteiger partial charge is 0.496 e. The summed E-state index contributed by atoms with van der Waals surface area (Å²) in [5, 5.41) is 4.15. The second-order valence-electron chi connectivity index (χ2n) is 11.1. The third-order valence-electron chi connectivity index (χ3n) is 8.76. The molecule has 1 aliphatic heterocycles. The van der Waals surface area contributed by atoms with Crippen LogP contribution in [0.15, 0.2) is 65.6 Å². The van der Waals surface area contributed by atoms with Crippen molar-refractivity contribution in [1.29, 1.82) is 0 Å². The number of carbonyl (C=O) groups excluding carboxylic acids is 1. The summed E-state index contributed by atoms with van der Waals surface area (Å²) in [6.07, 6.45) is 4.36. The zero-order chi connectivity index (χ0) is 29.4. The minimum atomic E-state index is -0.338. The van der Waals surface area contributed by atoms with Gasteiger partial charge in [-0.3, -0.25) is 9.59 Å². The molecule has 3 N–H and O–H groups in total. The van der Waals surface area contributed by atoms with Crippen LogP contribution in [0.3, 0.4) is 0 Å². The fraction of sp³-hybridized carbons (Fsp3) is 0.333. The van der Waals surface area contributed by atoms with Crippen molar-refractivity contribution in [1.82, 2.24) is 10.3 Å². The number of quaternary nitrogens is 1. The van der Waals surface area contributed by atoms with E-state index in [-0.39, 0.29) is 28.8 Å². The number of halogens is 2. The molecule has 0 radical (unpaired) electrons. The lowest BCUT2D eigenvalue weighted by Gasteiger charge is -2.23. The van der Waals surface area contributed by atoms with Crippen molar-refractivity contribution in [2.24, 2.45) is 5.92 Å². The summed E-state index contributed by atoms with van der Waals surface area (Å²) in [5.41, 5.74) is 3.18. The molecule has 42 heavy (non-hydrogen) atoms. The Morgan fingerprint density at radius 2 is 1.88 bits per heavy atom. The van der Waals surface area contributed by atoms with Gasteiger partial charge in [0, 0.05) is 47.0 Å². The fourth-order valence-corrected chi connectivity index (χ4v) is 7.03. The average Bonchev–Trinajstić information content (AvgIpc) is 3.56. The highest BCUT2D eigenvalue weighted by Gasteiger charge is 2.47. The number of aromatic amines is 1. The predicted octanol–water partition coefficient (Wildman–Crippen LogP) is 4.76. The first kappa shape index (κ1) is 28.2. The van der Waals surface area contributed by atoms with Crippen LogP contribution in [-0.2, 0) is 6.54 Å². The number of carbonyl (C=O) groups is 1. The number of rotatable bonds is 8. The van der Waals surface area contributed by atoms with Crippen molar-refractivity contribution in [3.05, 3.63) is 93.0 Å². The first-order valence-electron chi connectivity index (χ1n) is 14.4. The van der Waals surface area contributed by atoms with Gasteiger partial charge in [0.05, 0.1) is 37.4 Å². The summed E-state index contributed by atoms with van der Waals surface area (Å²) in [6.45, 7) is 4.23. The van der Waals surface area contributed by atoms with Crippen molar-refractivity contribution < 1.29 is 23.6 Å². The average molecular weight is 591 g/mol. The summed E-state index contributed by atoms with van der Waals surface area (Å²) in [6, 6.07) is 15.9. The van der Waals surface area contributed by atoms with Gasteiger partial charge < -0.3 is 24.7 Å². The second-order valence-corrected chi connectivity index (χ2v) is 11.6. The van der Waals surface area contributed by atoms with Crippen molar-refractivity contribution in [3.63, 3.8) is 0 Å². The van der Waals surface area contributed by atoms with Crippen LogP contribution in [0.1, 0.15) is 42.1 Å². The monoisotopic (exact) mass is 590 g/mol. The van der Waals surface area contributed by atoms with Gasteiger partial charge >= 0.3 is 0 Å². The molecule has 1 saturated carbocycles. The molecule has 6 rings (SSSR count). The van der Waals surface area contributed by atoms with E-state index in [1.54, 1.807) is 37.4 Å². The molecule has 2 heterocycles. The van der Waals surface area contributed by atoms with Crippen molar-refractivity contribution in [2.45, 2.75) is 44.8 Å². The number of ether oxygens (including phenoxy) is 2. The van der Waals surface area contributed by atoms with E-state index in [0.29, 0.717) is 46.0 Å². The molecule has 218 valence electrons. The van der Waals surface area contributed by atoms with Crippen LogP contribution in [0.2, 0.25) is 5.02 Å². The summed E-state index contributed by atoms with van der Waals surface area (Å²) < 4.78 is 25.4. The number of H-pyrrole nitrogens is 1. The number of nitrogens with one attached hydrogen (secondary N) is 3. The Bertz CT molecular complexity index is 1690. The molecule has 1 amide bonds. The zero-order valence-corrected chi connectivity index (χ0v) is 24.4. The van der Waals surface area contributed by atoms with Crippen LogP contribution in [0.5, 0.6) is 11.5 Å². The van der Waals surface area contributed by atoms with E-state index >= 15 is 0 Å². The molecule has 9 heteroatoms. The van der Waals surface area contributed by atoms with Crippen LogP contribution in [0.4, 0.5) is 4.39 Å². The molecular formula is C33H34ClFN3O4+.